The molecule has 4 aromatic rings. The topological polar surface area (TPSA) is 88.9 Å². The maximum atomic E-state index is 7.50. The number of aliphatic hydroxyl groups excluding tert-OH is 1. The van der Waals surface area contributed by atoms with Gasteiger partial charge < -0.3 is 22.6 Å². The van der Waals surface area contributed by atoms with Crippen LogP contribution in [0.25, 0.3) is 34.0 Å². The molecule has 0 saturated heterocycles. The average molecular weight is 550 g/mol. The van der Waals surface area contributed by atoms with Crippen molar-refractivity contribution in [3.8, 4) is 34.0 Å². The molecule has 0 unspecified atom stereocenters. The Morgan fingerprint density at radius 2 is 1.26 bits per heavy atom. The quantitative estimate of drug-likeness (QED) is 0.263. The summed E-state index contributed by atoms with van der Waals surface area (Å²) in [7, 11) is 1.00. The summed E-state index contributed by atoms with van der Waals surface area (Å²) in [6.07, 6.45) is 7.43. The first-order valence-corrected chi connectivity index (χ1v) is 11.0. The molecule has 0 amide bonds. The standard InChI is InChI=1S/C20H14N4.C6H11.CH4O.CO.Mo/c1-3-9-15(10-4-1)18-19(16-11-5-2-6-12-16)23-24-20(22-18)17-13-7-8-14-21-17;1-6-4-2-3-5-6;2*1-2;/h1-14H;2-5H2,1H3;2H,1H3;;/q;-1;;-1;+2. The smallest absolute Gasteiger partial charge is 0.573 e. The summed E-state index contributed by atoms with van der Waals surface area (Å²) in [6, 6.07) is 25.7. The van der Waals surface area contributed by atoms with Crippen LogP contribution in [0.1, 0.15) is 32.6 Å². The second-order valence-corrected chi connectivity index (χ2v) is 7.44. The van der Waals surface area contributed by atoms with Gasteiger partial charge in [0.1, 0.15) is 17.1 Å². The number of carbonyl (C=O) groups excluding carboxylic acids is 1. The molecule has 2 aromatic heterocycles. The normalized spacial score (nSPS) is 11.9. The predicted molar refractivity (Wildman–Crippen MR) is 135 cm³/mol. The summed E-state index contributed by atoms with van der Waals surface area (Å²) in [5, 5.41) is 15.7. The van der Waals surface area contributed by atoms with Crippen molar-refractivity contribution in [3.05, 3.63) is 91.0 Å². The molecule has 1 saturated carbocycles. The molecule has 1 aliphatic rings. The molecule has 179 valence electrons. The van der Waals surface area contributed by atoms with Gasteiger partial charge in [-0.2, -0.15) is 19.8 Å². The molecule has 7 heteroatoms. The number of benzene rings is 2. The largest absolute Gasteiger partial charge is 2.00 e. The minimum atomic E-state index is 0. The molecule has 1 aliphatic carbocycles. The number of aromatic nitrogens is 4. The minimum absolute atomic E-state index is 0. The van der Waals surface area contributed by atoms with E-state index in [1.807, 2.05) is 78.9 Å². The monoisotopic (exact) mass is 551 g/mol. The first-order chi connectivity index (χ1) is 16.8. The van der Waals surface area contributed by atoms with Crippen molar-refractivity contribution in [3.63, 3.8) is 0 Å². The third-order valence-electron chi connectivity index (χ3n) is 5.13. The zero-order chi connectivity index (χ0) is 24.6. The molecular weight excluding hydrogens is 520 g/mol. The minimum Gasteiger partial charge on any atom is -0.573 e. The number of pyridine rings is 1. The summed E-state index contributed by atoms with van der Waals surface area (Å²) < 4.78 is 0. The molecule has 0 spiro atoms. The third kappa shape index (κ3) is 9.23. The molecule has 2 aromatic carbocycles. The molecule has 0 bridgehead atoms. The predicted octanol–water partition coefficient (Wildman–Crippen LogP) is 5.63. The van der Waals surface area contributed by atoms with Gasteiger partial charge in [0, 0.05) is 24.4 Å². The number of hydrogen-bond acceptors (Lipinski definition) is 6. The first-order valence-electron chi connectivity index (χ1n) is 11.0. The van der Waals surface area contributed by atoms with Gasteiger partial charge in [-0.3, -0.25) is 4.98 Å². The Labute approximate surface area is 222 Å². The van der Waals surface area contributed by atoms with Crippen LogP contribution in [0, 0.1) is 5.92 Å². The van der Waals surface area contributed by atoms with Crippen molar-refractivity contribution < 1.29 is 31.0 Å². The van der Waals surface area contributed by atoms with E-state index in [0.29, 0.717) is 11.5 Å². The second-order valence-electron chi connectivity index (χ2n) is 7.44. The van der Waals surface area contributed by atoms with Crippen LogP contribution in [-0.4, -0.2) is 39.2 Å². The van der Waals surface area contributed by atoms with E-state index < -0.39 is 0 Å². The first kappa shape index (κ1) is 29.9. The fourth-order valence-corrected chi connectivity index (χ4v) is 3.50. The zero-order valence-electron chi connectivity index (χ0n) is 20.0. The molecule has 1 N–H and O–H groups in total. The van der Waals surface area contributed by atoms with Gasteiger partial charge in [0.05, 0.1) is 0 Å². The number of rotatable bonds is 3. The molecule has 6 nitrogen and oxygen atoms in total. The van der Waals surface area contributed by atoms with Crippen molar-refractivity contribution in [2.24, 2.45) is 0 Å². The molecule has 35 heavy (non-hydrogen) atoms. The Balaban J connectivity index is 0.000000476. The fraction of sp³-hybridized carbons (Fsp3) is 0.214. The molecular formula is C28H29MoN4O2. The molecule has 5 rings (SSSR count). The van der Waals surface area contributed by atoms with Gasteiger partial charge in [-0.05, 0) is 12.1 Å². The van der Waals surface area contributed by atoms with E-state index in [4.69, 9.17) is 14.9 Å². The van der Waals surface area contributed by atoms with Crippen LogP contribution in [0.2, 0.25) is 0 Å². The SMILES string of the molecule is CO.C[C-]1CCCC1.[C-]=O.[Mo+2].c1ccc(-c2nnc(-c3ccccn3)nc2-c2ccccc2)cc1. The maximum Gasteiger partial charge on any atom is 2.00 e. The van der Waals surface area contributed by atoms with Crippen molar-refractivity contribution >= 4 is 6.79 Å². The summed E-state index contributed by atoms with van der Waals surface area (Å²) in [5.74, 6) is 2.23. The summed E-state index contributed by atoms with van der Waals surface area (Å²) in [5.41, 5.74) is 4.27. The van der Waals surface area contributed by atoms with Gasteiger partial charge in [-0.1, -0.05) is 79.6 Å². The molecule has 0 atom stereocenters. The van der Waals surface area contributed by atoms with Gasteiger partial charge in [-0.15, -0.1) is 10.2 Å². The summed E-state index contributed by atoms with van der Waals surface area (Å²) in [4.78, 5) is 16.6. The van der Waals surface area contributed by atoms with E-state index in [9.17, 15) is 0 Å². The second kappa shape index (κ2) is 17.4. The van der Waals surface area contributed by atoms with E-state index in [1.54, 1.807) is 12.1 Å². The zero-order valence-corrected chi connectivity index (χ0v) is 22.0. The molecule has 2 heterocycles. The Bertz CT molecular complexity index is 1080. The van der Waals surface area contributed by atoms with Gasteiger partial charge in [0.25, 0.3) is 0 Å². The van der Waals surface area contributed by atoms with Crippen LogP contribution in [0.15, 0.2) is 85.1 Å². The van der Waals surface area contributed by atoms with Crippen LogP contribution in [0.3, 0.4) is 0 Å². The van der Waals surface area contributed by atoms with Crippen LogP contribution in [-0.2, 0) is 25.9 Å². The molecule has 1 radical (unpaired) electrons. The van der Waals surface area contributed by atoms with Crippen molar-refractivity contribution in [2.75, 3.05) is 7.11 Å². The van der Waals surface area contributed by atoms with E-state index >= 15 is 0 Å². The Morgan fingerprint density at radius 1 is 0.743 bits per heavy atom. The van der Waals surface area contributed by atoms with Crippen LogP contribution in [0.5, 0.6) is 0 Å². The van der Waals surface area contributed by atoms with Crippen LogP contribution < -0.4 is 0 Å². The van der Waals surface area contributed by atoms with Crippen molar-refractivity contribution in [2.45, 2.75) is 32.6 Å². The fourth-order valence-electron chi connectivity index (χ4n) is 3.50. The molecule has 1 fully saturated rings. The summed E-state index contributed by atoms with van der Waals surface area (Å²) in [6.45, 7) is 6.76. The number of hydrogen-bond donors (Lipinski definition) is 1. The van der Waals surface area contributed by atoms with Crippen LogP contribution in [0.4, 0.5) is 0 Å². The Kier molecular flexibility index (Phi) is 14.9. The molecule has 0 aliphatic heterocycles. The van der Waals surface area contributed by atoms with Gasteiger partial charge in [0.15, 0.2) is 0 Å². The summed E-state index contributed by atoms with van der Waals surface area (Å²) >= 11 is 0. The third-order valence-corrected chi connectivity index (χ3v) is 5.13. The Hall–Kier alpha value is -3.08. The van der Waals surface area contributed by atoms with E-state index in [0.717, 1.165) is 29.6 Å². The van der Waals surface area contributed by atoms with Crippen molar-refractivity contribution in [1.29, 1.82) is 0 Å². The Morgan fingerprint density at radius 3 is 1.71 bits per heavy atom. The van der Waals surface area contributed by atoms with Gasteiger partial charge >= 0.3 is 21.1 Å². The van der Waals surface area contributed by atoms with Crippen molar-refractivity contribution in [1.82, 2.24) is 20.2 Å². The van der Waals surface area contributed by atoms with Crippen LogP contribution >= 0.6 is 0 Å². The average Bonchev–Trinajstić information content (AvgIpc) is 3.43. The number of aliphatic hydroxyl groups is 1. The van der Waals surface area contributed by atoms with Gasteiger partial charge in [0.2, 0.25) is 5.82 Å². The van der Waals surface area contributed by atoms with E-state index in [2.05, 4.69) is 28.9 Å². The van der Waals surface area contributed by atoms with Gasteiger partial charge in [-0.25, -0.2) is 4.98 Å². The van der Waals surface area contributed by atoms with E-state index in [-0.39, 0.29) is 21.1 Å². The van der Waals surface area contributed by atoms with E-state index in [1.165, 1.54) is 25.7 Å². The maximum absolute atomic E-state index is 7.50. The number of nitrogens with zero attached hydrogens (tertiary/aromatic N) is 4.